The molecule has 0 aliphatic rings. The minimum atomic E-state index is -0.267. The van der Waals surface area contributed by atoms with E-state index in [1.807, 2.05) is 32.4 Å². The quantitative estimate of drug-likeness (QED) is 0.718. The molecule has 0 fully saturated rings. The second-order valence-electron chi connectivity index (χ2n) is 5.48. The first-order valence-electron chi connectivity index (χ1n) is 7.33. The molecule has 0 aliphatic carbocycles. The first kappa shape index (κ1) is 16.8. The molecule has 0 saturated carbocycles. The normalized spacial score (nSPS) is 11.0. The van der Waals surface area contributed by atoms with Crippen molar-refractivity contribution in [1.82, 2.24) is 24.5 Å². The smallest absolute Gasteiger partial charge is 0.277 e. The minimum absolute atomic E-state index is 0.267. The third-order valence-corrected chi connectivity index (χ3v) is 5.83. The molecule has 9 heteroatoms. The molecule has 0 aromatic carbocycles. The van der Waals surface area contributed by atoms with Crippen LogP contribution in [0.25, 0.3) is 0 Å². The van der Waals surface area contributed by atoms with Crippen molar-refractivity contribution in [2.24, 2.45) is 0 Å². The fourth-order valence-corrected chi connectivity index (χ4v) is 3.29. The Morgan fingerprint density at radius 3 is 2.58 bits per heavy atom. The van der Waals surface area contributed by atoms with E-state index in [1.165, 1.54) is 11.3 Å². The van der Waals surface area contributed by atoms with Gasteiger partial charge in [-0.3, -0.25) is 14.8 Å². The Hall–Kier alpha value is -2.00. The molecule has 0 bridgehead atoms. The number of anilines is 1. The number of carbonyl (C=O) groups is 1. The van der Waals surface area contributed by atoms with Gasteiger partial charge in [0.25, 0.3) is 5.91 Å². The number of aromatic nitrogens is 5. The SMILES string of the molecule is Cc1nc(NC(=O)c2ccn(Cn3nc(C)c(Br)c3C)n2)sc1C. The van der Waals surface area contributed by atoms with Crippen LogP contribution >= 0.6 is 27.3 Å². The Bertz CT molecular complexity index is 890. The lowest BCUT2D eigenvalue weighted by Crippen LogP contribution is -2.15. The number of hydrogen-bond acceptors (Lipinski definition) is 5. The molecule has 0 spiro atoms. The highest BCUT2D eigenvalue weighted by molar-refractivity contribution is 9.10. The number of carbonyl (C=O) groups excluding carboxylic acids is 1. The van der Waals surface area contributed by atoms with Crippen LogP contribution in [-0.4, -0.2) is 30.5 Å². The summed E-state index contributed by atoms with van der Waals surface area (Å²) in [7, 11) is 0. The van der Waals surface area contributed by atoms with Crippen molar-refractivity contribution in [2.75, 3.05) is 5.32 Å². The zero-order valence-electron chi connectivity index (χ0n) is 13.8. The maximum absolute atomic E-state index is 12.3. The average molecular weight is 409 g/mol. The number of thiazole rings is 1. The molecule has 0 aliphatic heterocycles. The summed E-state index contributed by atoms with van der Waals surface area (Å²) in [6.07, 6.45) is 1.76. The summed E-state index contributed by atoms with van der Waals surface area (Å²) in [5.41, 5.74) is 3.21. The fraction of sp³-hybridized carbons (Fsp3) is 0.333. The van der Waals surface area contributed by atoms with Crippen LogP contribution in [0.3, 0.4) is 0 Å². The number of amides is 1. The molecule has 126 valence electrons. The molecular formula is C15H17BrN6OS. The van der Waals surface area contributed by atoms with Gasteiger partial charge in [-0.15, -0.1) is 11.3 Å². The van der Waals surface area contributed by atoms with Crippen LogP contribution in [0, 0.1) is 27.7 Å². The van der Waals surface area contributed by atoms with Crippen molar-refractivity contribution in [3.05, 3.63) is 44.4 Å². The first-order valence-corrected chi connectivity index (χ1v) is 8.94. The molecule has 0 unspecified atom stereocenters. The average Bonchev–Trinajstić information content (AvgIpc) is 3.17. The monoisotopic (exact) mass is 408 g/mol. The molecule has 24 heavy (non-hydrogen) atoms. The van der Waals surface area contributed by atoms with E-state index in [2.05, 4.69) is 36.4 Å². The molecule has 0 radical (unpaired) electrons. The summed E-state index contributed by atoms with van der Waals surface area (Å²) in [4.78, 5) is 17.7. The van der Waals surface area contributed by atoms with Gasteiger partial charge in [0.05, 0.1) is 21.6 Å². The molecule has 1 N–H and O–H groups in total. The number of nitrogens with zero attached hydrogens (tertiary/aromatic N) is 5. The first-order chi connectivity index (χ1) is 11.3. The lowest BCUT2D eigenvalue weighted by Gasteiger charge is -2.04. The maximum atomic E-state index is 12.3. The van der Waals surface area contributed by atoms with Gasteiger partial charge in [0.2, 0.25) is 0 Å². The van der Waals surface area contributed by atoms with Crippen molar-refractivity contribution in [1.29, 1.82) is 0 Å². The summed E-state index contributed by atoms with van der Waals surface area (Å²) in [6.45, 7) is 8.26. The highest BCUT2D eigenvalue weighted by atomic mass is 79.9. The Kier molecular flexibility index (Phi) is 4.55. The highest BCUT2D eigenvalue weighted by Gasteiger charge is 2.14. The number of rotatable bonds is 4. The molecule has 7 nitrogen and oxygen atoms in total. The van der Waals surface area contributed by atoms with Gasteiger partial charge in [-0.2, -0.15) is 10.2 Å². The summed E-state index contributed by atoms with van der Waals surface area (Å²) in [5.74, 6) is -0.267. The minimum Gasteiger partial charge on any atom is -0.296 e. The Morgan fingerprint density at radius 2 is 2.00 bits per heavy atom. The molecule has 3 heterocycles. The van der Waals surface area contributed by atoms with Crippen LogP contribution in [0.2, 0.25) is 0 Å². The van der Waals surface area contributed by atoms with Crippen molar-refractivity contribution in [3.8, 4) is 0 Å². The summed E-state index contributed by atoms with van der Waals surface area (Å²) in [6, 6.07) is 1.68. The molecule has 3 aromatic heterocycles. The van der Waals surface area contributed by atoms with Gasteiger partial charge in [-0.1, -0.05) is 0 Å². The zero-order chi connectivity index (χ0) is 17.4. The van der Waals surface area contributed by atoms with Gasteiger partial charge in [-0.05, 0) is 49.7 Å². The highest BCUT2D eigenvalue weighted by Crippen LogP contribution is 2.22. The van der Waals surface area contributed by atoms with E-state index in [1.54, 1.807) is 16.9 Å². The fourth-order valence-electron chi connectivity index (χ4n) is 2.20. The van der Waals surface area contributed by atoms with Crippen molar-refractivity contribution < 1.29 is 4.79 Å². The standard InChI is InChI=1S/C15H17BrN6OS/c1-8-11(4)24-15(17-8)18-14(23)12-5-6-21(20-12)7-22-10(3)13(16)9(2)19-22/h5-6H,7H2,1-4H3,(H,17,18,23). The van der Waals surface area contributed by atoms with Crippen LogP contribution in [0.15, 0.2) is 16.7 Å². The van der Waals surface area contributed by atoms with E-state index in [0.717, 1.165) is 26.4 Å². The number of halogens is 1. The van der Waals surface area contributed by atoms with E-state index in [9.17, 15) is 4.79 Å². The van der Waals surface area contributed by atoms with Crippen molar-refractivity contribution in [2.45, 2.75) is 34.4 Å². The second kappa shape index (κ2) is 6.48. The lowest BCUT2D eigenvalue weighted by molar-refractivity contribution is 0.102. The predicted molar refractivity (Wildman–Crippen MR) is 96.6 cm³/mol. The molecule has 3 aromatic rings. The third kappa shape index (κ3) is 3.27. The molecule has 3 rings (SSSR count). The zero-order valence-corrected chi connectivity index (χ0v) is 16.2. The molecule has 1 amide bonds. The summed E-state index contributed by atoms with van der Waals surface area (Å²) >= 11 is 4.96. The van der Waals surface area contributed by atoms with Crippen molar-refractivity contribution in [3.63, 3.8) is 0 Å². The Labute approximate surface area is 151 Å². The van der Waals surface area contributed by atoms with Gasteiger partial charge >= 0.3 is 0 Å². The number of aryl methyl sites for hydroxylation is 3. The third-order valence-electron chi connectivity index (χ3n) is 3.69. The van der Waals surface area contributed by atoms with Crippen LogP contribution in [-0.2, 0) is 6.67 Å². The van der Waals surface area contributed by atoms with Gasteiger partial charge in [-0.25, -0.2) is 9.67 Å². The van der Waals surface area contributed by atoms with Crippen molar-refractivity contribution >= 4 is 38.3 Å². The molecular weight excluding hydrogens is 392 g/mol. The molecule has 0 atom stereocenters. The second-order valence-corrected chi connectivity index (χ2v) is 7.48. The van der Waals surface area contributed by atoms with E-state index in [0.29, 0.717) is 17.5 Å². The van der Waals surface area contributed by atoms with Crippen LogP contribution in [0.5, 0.6) is 0 Å². The van der Waals surface area contributed by atoms with Crippen LogP contribution in [0.1, 0.15) is 32.4 Å². The Balaban J connectivity index is 1.72. The van der Waals surface area contributed by atoms with E-state index in [4.69, 9.17) is 0 Å². The topological polar surface area (TPSA) is 77.6 Å². The van der Waals surface area contributed by atoms with E-state index < -0.39 is 0 Å². The molecule has 0 saturated heterocycles. The Morgan fingerprint density at radius 1 is 1.25 bits per heavy atom. The summed E-state index contributed by atoms with van der Waals surface area (Å²) < 4.78 is 4.50. The van der Waals surface area contributed by atoms with E-state index in [-0.39, 0.29) is 5.91 Å². The van der Waals surface area contributed by atoms with Gasteiger partial charge < -0.3 is 0 Å². The number of nitrogens with one attached hydrogen (secondary N) is 1. The predicted octanol–water partition coefficient (Wildman–Crippen LogP) is 3.29. The van der Waals surface area contributed by atoms with E-state index >= 15 is 0 Å². The maximum Gasteiger partial charge on any atom is 0.277 e. The number of hydrogen-bond donors (Lipinski definition) is 1. The largest absolute Gasteiger partial charge is 0.296 e. The summed E-state index contributed by atoms with van der Waals surface area (Å²) in [5, 5.41) is 12.1. The van der Waals surface area contributed by atoms with Gasteiger partial charge in [0.1, 0.15) is 6.67 Å². The van der Waals surface area contributed by atoms with Gasteiger partial charge in [0.15, 0.2) is 10.8 Å². The van der Waals surface area contributed by atoms with Gasteiger partial charge in [0, 0.05) is 11.1 Å². The van der Waals surface area contributed by atoms with Crippen LogP contribution < -0.4 is 5.32 Å². The van der Waals surface area contributed by atoms with Crippen LogP contribution in [0.4, 0.5) is 5.13 Å². The lowest BCUT2D eigenvalue weighted by atomic mass is 10.4.